The van der Waals surface area contributed by atoms with Gasteiger partial charge in [-0.1, -0.05) is 12.1 Å². The summed E-state index contributed by atoms with van der Waals surface area (Å²) in [7, 11) is 1.84. The maximum absolute atomic E-state index is 11.7. The third-order valence-electron chi connectivity index (χ3n) is 2.16. The molecule has 2 N–H and O–H groups in total. The first-order valence-electron chi connectivity index (χ1n) is 5.08. The van der Waals surface area contributed by atoms with Gasteiger partial charge in [0.05, 0.1) is 5.69 Å². The number of carbonyl (C=O) groups excluding carboxylic acids is 1. The molecule has 0 aliphatic heterocycles. The molecule has 0 spiro atoms. The van der Waals surface area contributed by atoms with Crippen LogP contribution in [0.25, 0.3) is 0 Å². The molecule has 1 rings (SSSR count). The molecule has 15 heavy (non-hydrogen) atoms. The van der Waals surface area contributed by atoms with Gasteiger partial charge in [0.1, 0.15) is 11.3 Å². The molecule has 5 nitrogen and oxygen atoms in total. The molecule has 1 aromatic heterocycles. The smallest absolute Gasteiger partial charge is 0.256 e. The Morgan fingerprint density at radius 2 is 2.20 bits per heavy atom. The van der Waals surface area contributed by atoms with Gasteiger partial charge in [0.2, 0.25) is 0 Å². The van der Waals surface area contributed by atoms with E-state index in [2.05, 4.69) is 15.8 Å². The normalized spacial score (nSPS) is 10.3. The molecule has 0 saturated heterocycles. The quantitative estimate of drug-likeness (QED) is 0.696. The van der Waals surface area contributed by atoms with E-state index in [4.69, 9.17) is 4.52 Å². The van der Waals surface area contributed by atoms with Crippen molar-refractivity contribution in [3.05, 3.63) is 17.0 Å². The highest BCUT2D eigenvalue weighted by atomic mass is 16.5. The van der Waals surface area contributed by atoms with Crippen LogP contribution in [0.3, 0.4) is 0 Å². The summed E-state index contributed by atoms with van der Waals surface area (Å²) in [6.45, 7) is 5.04. The van der Waals surface area contributed by atoms with Crippen molar-refractivity contribution < 1.29 is 9.32 Å². The molecule has 0 bridgehead atoms. The van der Waals surface area contributed by atoms with Crippen LogP contribution in [0, 0.1) is 6.92 Å². The minimum Gasteiger partial charge on any atom is -0.361 e. The third kappa shape index (κ3) is 2.79. The van der Waals surface area contributed by atoms with Crippen LogP contribution in [0.5, 0.6) is 0 Å². The summed E-state index contributed by atoms with van der Waals surface area (Å²) < 4.78 is 4.99. The molecular formula is C10H17N3O2. The zero-order chi connectivity index (χ0) is 11.3. The summed E-state index contributed by atoms with van der Waals surface area (Å²) in [5, 5.41) is 9.59. The van der Waals surface area contributed by atoms with Gasteiger partial charge in [-0.2, -0.15) is 0 Å². The maximum Gasteiger partial charge on any atom is 0.256 e. The molecule has 0 saturated carbocycles. The number of nitrogens with one attached hydrogen (secondary N) is 2. The lowest BCUT2D eigenvalue weighted by Gasteiger charge is -2.03. The van der Waals surface area contributed by atoms with Gasteiger partial charge in [0.15, 0.2) is 0 Å². The second kappa shape index (κ2) is 5.50. The second-order valence-electron chi connectivity index (χ2n) is 3.27. The first-order valence-corrected chi connectivity index (χ1v) is 5.08. The van der Waals surface area contributed by atoms with Crippen molar-refractivity contribution in [1.29, 1.82) is 0 Å². The monoisotopic (exact) mass is 211 g/mol. The van der Waals surface area contributed by atoms with Crippen LogP contribution in [-0.2, 0) is 6.42 Å². The van der Waals surface area contributed by atoms with Crippen molar-refractivity contribution >= 4 is 5.91 Å². The molecule has 0 atom stereocenters. The van der Waals surface area contributed by atoms with Crippen LogP contribution in [0.4, 0.5) is 0 Å². The third-order valence-corrected chi connectivity index (χ3v) is 2.16. The molecule has 1 heterocycles. The molecule has 0 aliphatic rings. The molecule has 0 unspecified atom stereocenters. The van der Waals surface area contributed by atoms with Gasteiger partial charge in [-0.25, -0.2) is 0 Å². The molecule has 1 aromatic rings. The number of amides is 1. The number of hydrogen-bond acceptors (Lipinski definition) is 4. The van der Waals surface area contributed by atoms with Crippen LogP contribution in [0.15, 0.2) is 4.52 Å². The number of aromatic nitrogens is 1. The summed E-state index contributed by atoms with van der Waals surface area (Å²) in [5.74, 6) is 0.467. The van der Waals surface area contributed by atoms with E-state index in [0.29, 0.717) is 24.3 Å². The Bertz CT molecular complexity index is 333. The minimum absolute atomic E-state index is 0.110. The first kappa shape index (κ1) is 11.7. The van der Waals surface area contributed by atoms with E-state index in [1.807, 2.05) is 14.0 Å². The van der Waals surface area contributed by atoms with E-state index < -0.39 is 0 Å². The van der Waals surface area contributed by atoms with Crippen molar-refractivity contribution in [3.63, 3.8) is 0 Å². The summed E-state index contributed by atoms with van der Waals surface area (Å²) in [5.41, 5.74) is 1.29. The first-order chi connectivity index (χ1) is 7.20. The fourth-order valence-corrected chi connectivity index (χ4v) is 1.34. The van der Waals surface area contributed by atoms with Gasteiger partial charge < -0.3 is 15.2 Å². The largest absolute Gasteiger partial charge is 0.361 e. The van der Waals surface area contributed by atoms with Crippen LogP contribution in [0.2, 0.25) is 0 Å². The average molecular weight is 211 g/mol. The Morgan fingerprint density at radius 3 is 2.80 bits per heavy atom. The molecule has 5 heteroatoms. The second-order valence-corrected chi connectivity index (χ2v) is 3.27. The predicted molar refractivity (Wildman–Crippen MR) is 56.9 cm³/mol. The maximum atomic E-state index is 11.7. The Kier molecular flexibility index (Phi) is 4.30. The lowest BCUT2D eigenvalue weighted by Crippen LogP contribution is -2.31. The number of rotatable bonds is 5. The highest BCUT2D eigenvalue weighted by Crippen LogP contribution is 2.13. The molecule has 0 radical (unpaired) electrons. The number of likely N-dealkylation sites (N-methyl/N-ethyl adjacent to an activating group) is 1. The van der Waals surface area contributed by atoms with Gasteiger partial charge in [0.25, 0.3) is 5.91 Å². The molecule has 84 valence electrons. The summed E-state index contributed by atoms with van der Waals surface area (Å²) in [4.78, 5) is 11.7. The zero-order valence-electron chi connectivity index (χ0n) is 9.39. The van der Waals surface area contributed by atoms with E-state index in [0.717, 1.165) is 12.2 Å². The zero-order valence-corrected chi connectivity index (χ0v) is 9.39. The molecule has 1 amide bonds. The van der Waals surface area contributed by atoms with Gasteiger partial charge in [-0.05, 0) is 20.4 Å². The van der Waals surface area contributed by atoms with E-state index in [1.165, 1.54) is 0 Å². The van der Waals surface area contributed by atoms with Crippen molar-refractivity contribution in [2.45, 2.75) is 20.3 Å². The number of carbonyl (C=O) groups is 1. The highest BCUT2D eigenvalue weighted by Gasteiger charge is 2.18. The van der Waals surface area contributed by atoms with Crippen molar-refractivity contribution in [2.24, 2.45) is 0 Å². The number of hydrogen-bond donors (Lipinski definition) is 2. The lowest BCUT2D eigenvalue weighted by atomic mass is 10.1. The van der Waals surface area contributed by atoms with Crippen LogP contribution in [0.1, 0.15) is 28.7 Å². The fourth-order valence-electron chi connectivity index (χ4n) is 1.34. The van der Waals surface area contributed by atoms with Crippen LogP contribution in [-0.4, -0.2) is 31.2 Å². The minimum atomic E-state index is -0.110. The molecule has 0 aliphatic carbocycles. The average Bonchev–Trinajstić information content (AvgIpc) is 2.59. The Hall–Kier alpha value is -1.36. The van der Waals surface area contributed by atoms with Crippen molar-refractivity contribution in [3.8, 4) is 0 Å². The summed E-state index contributed by atoms with van der Waals surface area (Å²) in [6, 6.07) is 0. The Labute approximate surface area is 89.2 Å². The lowest BCUT2D eigenvalue weighted by molar-refractivity contribution is 0.0952. The predicted octanol–water partition coefficient (Wildman–Crippen LogP) is 0.495. The van der Waals surface area contributed by atoms with Gasteiger partial charge in [-0.15, -0.1) is 0 Å². The van der Waals surface area contributed by atoms with E-state index >= 15 is 0 Å². The topological polar surface area (TPSA) is 67.2 Å². The van der Waals surface area contributed by atoms with Gasteiger partial charge in [0, 0.05) is 13.1 Å². The highest BCUT2D eigenvalue weighted by molar-refractivity contribution is 5.96. The van der Waals surface area contributed by atoms with Crippen molar-refractivity contribution in [2.75, 3.05) is 20.1 Å². The van der Waals surface area contributed by atoms with Crippen molar-refractivity contribution in [1.82, 2.24) is 15.8 Å². The molecule has 0 aromatic carbocycles. The van der Waals surface area contributed by atoms with E-state index in [-0.39, 0.29) is 5.91 Å². The molecule has 0 fully saturated rings. The summed E-state index contributed by atoms with van der Waals surface area (Å²) >= 11 is 0. The number of aryl methyl sites for hydroxylation is 2. The van der Waals surface area contributed by atoms with Gasteiger partial charge >= 0.3 is 0 Å². The molecular weight excluding hydrogens is 194 g/mol. The fraction of sp³-hybridized carbons (Fsp3) is 0.600. The Balaban J connectivity index is 2.67. The van der Waals surface area contributed by atoms with Gasteiger partial charge in [-0.3, -0.25) is 4.79 Å². The van der Waals surface area contributed by atoms with E-state index in [1.54, 1.807) is 6.92 Å². The van der Waals surface area contributed by atoms with Crippen LogP contribution < -0.4 is 10.6 Å². The SMILES string of the molecule is CCc1noc(C)c1C(=O)NCCNC. The van der Waals surface area contributed by atoms with Crippen LogP contribution >= 0.6 is 0 Å². The summed E-state index contributed by atoms with van der Waals surface area (Å²) in [6.07, 6.45) is 0.701. The Morgan fingerprint density at radius 1 is 1.47 bits per heavy atom. The van der Waals surface area contributed by atoms with E-state index in [9.17, 15) is 4.79 Å². The number of nitrogens with zero attached hydrogens (tertiary/aromatic N) is 1. The standard InChI is InChI=1S/C10H17N3O2/c1-4-8-9(7(2)15-13-8)10(14)12-6-5-11-3/h11H,4-6H2,1-3H3,(H,12,14).